The van der Waals surface area contributed by atoms with Crippen LogP contribution in [0.5, 0.6) is 0 Å². The van der Waals surface area contributed by atoms with Gasteiger partial charge in [-0.05, 0) is 89.9 Å². The van der Waals surface area contributed by atoms with Gasteiger partial charge in [-0.3, -0.25) is 14.4 Å². The molecule has 69 heavy (non-hydrogen) atoms. The van der Waals surface area contributed by atoms with Crippen LogP contribution in [0.2, 0.25) is 0 Å². The number of carboxylic acid groups (broad SMARTS) is 1. The third-order valence-corrected chi connectivity index (χ3v) is 11.2. The number of allylic oxidation sites excluding steroid dienone is 16. The number of carbonyl (C=O) groups is 4. The summed E-state index contributed by atoms with van der Waals surface area (Å²) in [5.41, 5.74) is 0. The van der Waals surface area contributed by atoms with Gasteiger partial charge in [0.2, 0.25) is 0 Å². The van der Waals surface area contributed by atoms with Crippen molar-refractivity contribution in [3.05, 3.63) is 97.2 Å². The number of hydrogen-bond donors (Lipinski definition) is 3. The number of carbonyl (C=O) groups excluding carboxylic acids is 3. The van der Waals surface area contributed by atoms with Gasteiger partial charge in [0, 0.05) is 19.3 Å². The summed E-state index contributed by atoms with van der Waals surface area (Å²) in [5.74, 6) is -3.25. The van der Waals surface area contributed by atoms with E-state index in [0.29, 0.717) is 25.7 Å². The average Bonchev–Trinajstić information content (AvgIpc) is 3.33. The van der Waals surface area contributed by atoms with E-state index in [4.69, 9.17) is 23.7 Å². The molecule has 0 saturated carbocycles. The summed E-state index contributed by atoms with van der Waals surface area (Å²) in [7, 11) is 0. The predicted octanol–water partition coefficient (Wildman–Crippen LogP) is 12.6. The van der Waals surface area contributed by atoms with Crippen LogP contribution < -0.4 is 0 Å². The average molecular weight is 967 g/mol. The van der Waals surface area contributed by atoms with Crippen molar-refractivity contribution in [2.24, 2.45) is 0 Å². The van der Waals surface area contributed by atoms with Gasteiger partial charge in [-0.2, -0.15) is 0 Å². The zero-order valence-corrected chi connectivity index (χ0v) is 42.5. The van der Waals surface area contributed by atoms with Gasteiger partial charge in [0.25, 0.3) is 0 Å². The van der Waals surface area contributed by atoms with Crippen molar-refractivity contribution in [3.8, 4) is 0 Å². The standard InChI is InChI=1S/C57H90O12/c1-4-7-10-13-16-19-21-23-24-25-26-28-29-32-34-37-40-43-49(58)65-46-48(67-50(59)44-41-38-35-31-18-15-12-9-6-3)47-66-57-55(53(62)52(61)54(69-57)56(63)64)68-51(60)45-42-39-36-33-30-27-22-20-17-14-11-8-5-2/h7-8,10-11,16-17,19-20,23-24,26-28,30,32,34,48,52-55,57,61-62H,4-6,9,12-15,18,21-22,25,29,31,33,35-47H2,1-3H3,(H,63,64)/b10-7-,11-8-,19-16-,20-17-,24-23-,28-26-,30-27-,34-32-. The SMILES string of the molecule is CC/C=C\C/C=C\C/C=C\C/C=C\C/C=C\CCCC(=O)OCC(COC1OC(C(=O)O)C(O)C(O)C1OC(=O)CCCCC/C=C\C/C=C\C/C=C\CC)OC(=O)CCCCCCCCCCC. The van der Waals surface area contributed by atoms with E-state index in [-0.39, 0.29) is 25.9 Å². The Morgan fingerprint density at radius 1 is 0.493 bits per heavy atom. The number of aliphatic hydroxyl groups excluding tert-OH is 2. The van der Waals surface area contributed by atoms with Gasteiger partial charge in [0.05, 0.1) is 6.61 Å². The van der Waals surface area contributed by atoms with E-state index in [1.54, 1.807) is 0 Å². The molecule has 3 N–H and O–H groups in total. The summed E-state index contributed by atoms with van der Waals surface area (Å²) in [6.07, 6.45) is 45.6. The second-order valence-corrected chi connectivity index (χ2v) is 17.4. The van der Waals surface area contributed by atoms with Gasteiger partial charge >= 0.3 is 23.9 Å². The van der Waals surface area contributed by atoms with Crippen molar-refractivity contribution in [1.29, 1.82) is 0 Å². The number of aliphatic hydroxyl groups is 2. The second kappa shape index (κ2) is 44.8. The monoisotopic (exact) mass is 967 g/mol. The zero-order chi connectivity index (χ0) is 50.4. The molecule has 0 amide bonds. The van der Waals surface area contributed by atoms with Crippen molar-refractivity contribution in [1.82, 2.24) is 0 Å². The lowest BCUT2D eigenvalue weighted by Gasteiger charge is -2.40. The maximum atomic E-state index is 13.0. The first-order valence-corrected chi connectivity index (χ1v) is 26.2. The highest BCUT2D eigenvalue weighted by atomic mass is 16.7. The number of aliphatic carboxylic acids is 1. The molecule has 0 aliphatic carbocycles. The molecule has 1 heterocycles. The Morgan fingerprint density at radius 2 is 0.928 bits per heavy atom. The highest BCUT2D eigenvalue weighted by Gasteiger charge is 2.50. The Balaban J connectivity index is 2.76. The van der Waals surface area contributed by atoms with Crippen molar-refractivity contribution in [2.75, 3.05) is 13.2 Å². The minimum Gasteiger partial charge on any atom is -0.479 e. The number of esters is 3. The summed E-state index contributed by atoms with van der Waals surface area (Å²) in [6.45, 7) is 5.63. The lowest BCUT2D eigenvalue weighted by atomic mass is 9.98. The molecule has 0 spiro atoms. The van der Waals surface area contributed by atoms with E-state index < -0.39 is 67.3 Å². The fourth-order valence-electron chi connectivity index (χ4n) is 7.18. The fraction of sp³-hybridized carbons (Fsp3) is 0.649. The highest BCUT2D eigenvalue weighted by molar-refractivity contribution is 5.74. The van der Waals surface area contributed by atoms with Crippen LogP contribution in [0.15, 0.2) is 97.2 Å². The zero-order valence-electron chi connectivity index (χ0n) is 42.5. The summed E-state index contributed by atoms with van der Waals surface area (Å²) < 4.78 is 28.2. The van der Waals surface area contributed by atoms with Crippen LogP contribution in [0.4, 0.5) is 0 Å². The molecule has 1 aliphatic heterocycles. The van der Waals surface area contributed by atoms with Gasteiger partial charge in [0.1, 0.15) is 18.8 Å². The molecular formula is C57H90O12. The maximum Gasteiger partial charge on any atom is 0.335 e. The minimum absolute atomic E-state index is 0.0161. The van der Waals surface area contributed by atoms with Crippen LogP contribution in [0.3, 0.4) is 0 Å². The molecular weight excluding hydrogens is 877 g/mol. The van der Waals surface area contributed by atoms with Gasteiger partial charge in [-0.1, -0.05) is 176 Å². The number of hydrogen-bond acceptors (Lipinski definition) is 11. The minimum atomic E-state index is -1.92. The summed E-state index contributed by atoms with van der Waals surface area (Å²) in [6, 6.07) is 0. The molecule has 12 nitrogen and oxygen atoms in total. The number of unbranched alkanes of at least 4 members (excludes halogenated alkanes) is 12. The largest absolute Gasteiger partial charge is 0.479 e. The first kappa shape index (κ1) is 62.7. The molecule has 0 aromatic carbocycles. The number of rotatable bonds is 42. The molecule has 1 fully saturated rings. The topological polar surface area (TPSA) is 175 Å². The van der Waals surface area contributed by atoms with E-state index in [1.165, 1.54) is 32.1 Å². The first-order chi connectivity index (χ1) is 33.6. The Kier molecular flexibility index (Phi) is 40.7. The maximum absolute atomic E-state index is 13.0. The van der Waals surface area contributed by atoms with Crippen LogP contribution in [0.1, 0.15) is 188 Å². The lowest BCUT2D eigenvalue weighted by Crippen LogP contribution is -2.61. The van der Waals surface area contributed by atoms with Crippen LogP contribution in [0.25, 0.3) is 0 Å². The Bertz CT molecular complexity index is 1570. The summed E-state index contributed by atoms with van der Waals surface area (Å²) >= 11 is 0. The van der Waals surface area contributed by atoms with E-state index in [1.807, 2.05) is 6.08 Å². The van der Waals surface area contributed by atoms with Gasteiger partial charge < -0.3 is 39.0 Å². The van der Waals surface area contributed by atoms with E-state index in [2.05, 4.69) is 112 Å². The van der Waals surface area contributed by atoms with Crippen LogP contribution in [-0.4, -0.2) is 89.2 Å². The molecule has 0 aromatic rings. The molecule has 0 aromatic heterocycles. The first-order valence-electron chi connectivity index (χ1n) is 26.2. The fourth-order valence-corrected chi connectivity index (χ4v) is 7.18. The molecule has 6 unspecified atom stereocenters. The molecule has 1 rings (SSSR count). The molecule has 1 aliphatic rings. The predicted molar refractivity (Wildman–Crippen MR) is 275 cm³/mol. The molecule has 12 heteroatoms. The van der Waals surface area contributed by atoms with E-state index in [9.17, 15) is 34.5 Å². The lowest BCUT2D eigenvalue weighted by molar-refractivity contribution is -0.301. The molecule has 1 saturated heterocycles. The normalized spacial score (nSPS) is 19.5. The quantitative estimate of drug-likeness (QED) is 0.0229. The number of carboxylic acids is 1. The Hall–Kier alpha value is -4.36. The van der Waals surface area contributed by atoms with E-state index >= 15 is 0 Å². The third-order valence-electron chi connectivity index (χ3n) is 11.2. The van der Waals surface area contributed by atoms with Gasteiger partial charge in [0.15, 0.2) is 24.6 Å². The van der Waals surface area contributed by atoms with Crippen LogP contribution in [-0.2, 0) is 42.9 Å². The Morgan fingerprint density at radius 3 is 1.43 bits per heavy atom. The van der Waals surface area contributed by atoms with Crippen molar-refractivity contribution >= 4 is 23.9 Å². The summed E-state index contributed by atoms with van der Waals surface area (Å²) in [5, 5.41) is 31.3. The highest BCUT2D eigenvalue weighted by Crippen LogP contribution is 2.26. The van der Waals surface area contributed by atoms with Gasteiger partial charge in [-0.15, -0.1) is 0 Å². The second-order valence-electron chi connectivity index (χ2n) is 17.4. The number of ether oxygens (including phenoxy) is 5. The van der Waals surface area contributed by atoms with Crippen LogP contribution >= 0.6 is 0 Å². The van der Waals surface area contributed by atoms with Crippen molar-refractivity contribution < 1.29 is 58.2 Å². The summed E-state index contributed by atoms with van der Waals surface area (Å²) in [4.78, 5) is 50.7. The van der Waals surface area contributed by atoms with Crippen molar-refractivity contribution in [3.63, 3.8) is 0 Å². The Labute approximate surface area is 415 Å². The van der Waals surface area contributed by atoms with Crippen molar-refractivity contribution in [2.45, 2.75) is 225 Å². The van der Waals surface area contributed by atoms with Gasteiger partial charge in [-0.25, -0.2) is 4.79 Å². The third kappa shape index (κ3) is 35.4. The van der Waals surface area contributed by atoms with E-state index in [0.717, 1.165) is 89.9 Å². The molecule has 390 valence electrons. The molecule has 6 atom stereocenters. The molecule has 0 bridgehead atoms. The smallest absolute Gasteiger partial charge is 0.335 e. The van der Waals surface area contributed by atoms with Crippen LogP contribution in [0, 0.1) is 0 Å². The molecule has 0 radical (unpaired) electrons.